The third-order valence-electron chi connectivity index (χ3n) is 2.28. The monoisotopic (exact) mass is 334 g/mol. The Morgan fingerprint density at radius 1 is 1.09 bits per heavy atom. The van der Waals surface area contributed by atoms with E-state index in [0.717, 1.165) is 0 Å². The van der Waals surface area contributed by atoms with Crippen LogP contribution in [0.3, 0.4) is 0 Å². The highest BCUT2D eigenvalue weighted by molar-refractivity contribution is 7.98. The molecule has 8 heteroatoms. The highest BCUT2D eigenvalue weighted by Crippen LogP contribution is 2.00. The van der Waals surface area contributed by atoms with E-state index < -0.39 is 24.0 Å². The summed E-state index contributed by atoms with van der Waals surface area (Å²) in [6, 6.07) is 0. The van der Waals surface area contributed by atoms with Crippen molar-refractivity contribution >= 4 is 29.7 Å². The van der Waals surface area contributed by atoms with Crippen molar-refractivity contribution in [1.82, 2.24) is 0 Å². The smallest absolute Gasteiger partial charge is 0.333 e. The van der Waals surface area contributed by atoms with Crippen LogP contribution in [0.15, 0.2) is 12.2 Å². The van der Waals surface area contributed by atoms with Gasteiger partial charge in [0.15, 0.2) is 0 Å². The van der Waals surface area contributed by atoms with Gasteiger partial charge < -0.3 is 19.3 Å². The van der Waals surface area contributed by atoms with Gasteiger partial charge in [0.1, 0.15) is 25.9 Å². The Morgan fingerprint density at radius 3 is 2.18 bits per heavy atom. The standard InChI is InChI=1S/C14H22O7S/c1-10(2)14(18)21-9-11(15)8-20-13(17)5-4-12(16)19-6-7-22-3/h11,15H,1,4-9H2,2-3H3. The maximum absolute atomic E-state index is 11.4. The van der Waals surface area contributed by atoms with Crippen molar-refractivity contribution < 1.29 is 33.7 Å². The maximum Gasteiger partial charge on any atom is 0.333 e. The maximum atomic E-state index is 11.4. The predicted molar refractivity (Wildman–Crippen MR) is 81.3 cm³/mol. The predicted octanol–water partition coefficient (Wildman–Crippen LogP) is 0.696. The molecule has 0 radical (unpaired) electrons. The zero-order chi connectivity index (χ0) is 17.0. The molecule has 1 atom stereocenters. The van der Waals surface area contributed by atoms with Crippen molar-refractivity contribution in [3.05, 3.63) is 12.2 Å². The van der Waals surface area contributed by atoms with Gasteiger partial charge in [0, 0.05) is 11.3 Å². The molecule has 0 aromatic rings. The fourth-order valence-electron chi connectivity index (χ4n) is 1.12. The summed E-state index contributed by atoms with van der Waals surface area (Å²) in [5, 5.41) is 9.47. The van der Waals surface area contributed by atoms with Crippen molar-refractivity contribution in [3.63, 3.8) is 0 Å². The van der Waals surface area contributed by atoms with Crippen LogP contribution in [0.5, 0.6) is 0 Å². The second-order valence-corrected chi connectivity index (χ2v) is 5.41. The van der Waals surface area contributed by atoms with Gasteiger partial charge in [-0.25, -0.2) is 4.79 Å². The largest absolute Gasteiger partial charge is 0.465 e. The number of carbonyl (C=O) groups is 3. The number of aliphatic hydroxyl groups excluding tert-OH is 1. The summed E-state index contributed by atoms with van der Waals surface area (Å²) in [6.45, 7) is 4.56. The van der Waals surface area contributed by atoms with Gasteiger partial charge in [0.2, 0.25) is 0 Å². The Balaban J connectivity index is 3.73. The molecule has 0 saturated carbocycles. The number of hydrogen-bond acceptors (Lipinski definition) is 8. The third kappa shape index (κ3) is 11.2. The number of thioether (sulfide) groups is 1. The topological polar surface area (TPSA) is 99.1 Å². The molecule has 1 unspecified atom stereocenters. The first kappa shape index (κ1) is 20.5. The SMILES string of the molecule is C=C(C)C(=O)OCC(O)COC(=O)CCC(=O)OCCSC. The van der Waals surface area contributed by atoms with Gasteiger partial charge in [-0.05, 0) is 13.2 Å². The minimum atomic E-state index is -1.12. The Kier molecular flexibility index (Phi) is 11.2. The molecule has 0 saturated heterocycles. The zero-order valence-electron chi connectivity index (χ0n) is 12.8. The highest BCUT2D eigenvalue weighted by atomic mass is 32.2. The van der Waals surface area contributed by atoms with Gasteiger partial charge in [0.05, 0.1) is 12.8 Å². The van der Waals surface area contributed by atoms with Gasteiger partial charge in [-0.3, -0.25) is 9.59 Å². The molecule has 0 rings (SSSR count). The fourth-order valence-corrected chi connectivity index (χ4v) is 1.37. The summed E-state index contributed by atoms with van der Waals surface area (Å²) in [7, 11) is 0. The van der Waals surface area contributed by atoms with E-state index >= 15 is 0 Å². The molecule has 0 bridgehead atoms. The summed E-state index contributed by atoms with van der Waals surface area (Å²) in [5.74, 6) is -1.03. The van der Waals surface area contributed by atoms with Crippen LogP contribution in [-0.2, 0) is 28.6 Å². The summed E-state index contributed by atoms with van der Waals surface area (Å²) in [5.41, 5.74) is 0.212. The van der Waals surface area contributed by atoms with E-state index in [0.29, 0.717) is 12.4 Å². The third-order valence-corrected chi connectivity index (χ3v) is 2.85. The Bertz CT molecular complexity index is 395. The molecule has 22 heavy (non-hydrogen) atoms. The molecule has 0 heterocycles. The molecule has 0 aromatic carbocycles. The lowest BCUT2D eigenvalue weighted by atomic mass is 10.3. The van der Waals surface area contributed by atoms with E-state index in [-0.39, 0.29) is 31.6 Å². The van der Waals surface area contributed by atoms with Crippen molar-refractivity contribution in [2.45, 2.75) is 25.9 Å². The van der Waals surface area contributed by atoms with Crippen molar-refractivity contribution in [2.24, 2.45) is 0 Å². The van der Waals surface area contributed by atoms with Gasteiger partial charge >= 0.3 is 17.9 Å². The van der Waals surface area contributed by atoms with Crippen LogP contribution in [0.25, 0.3) is 0 Å². The summed E-state index contributed by atoms with van der Waals surface area (Å²) in [6.07, 6.45) is 0.565. The van der Waals surface area contributed by atoms with Crippen LogP contribution in [0.4, 0.5) is 0 Å². The first-order valence-electron chi connectivity index (χ1n) is 6.67. The van der Waals surface area contributed by atoms with Crippen LogP contribution >= 0.6 is 11.8 Å². The van der Waals surface area contributed by atoms with Crippen LogP contribution in [0.1, 0.15) is 19.8 Å². The van der Waals surface area contributed by atoms with E-state index in [9.17, 15) is 19.5 Å². The number of aliphatic hydroxyl groups is 1. The molecule has 0 aliphatic rings. The van der Waals surface area contributed by atoms with E-state index in [2.05, 4.69) is 6.58 Å². The molecule has 7 nitrogen and oxygen atoms in total. The molecule has 0 aliphatic heterocycles. The fraction of sp³-hybridized carbons (Fsp3) is 0.643. The minimum Gasteiger partial charge on any atom is -0.465 e. The normalized spacial score (nSPS) is 11.4. The van der Waals surface area contributed by atoms with E-state index in [1.807, 2.05) is 6.26 Å². The molecule has 1 N–H and O–H groups in total. The lowest BCUT2D eigenvalue weighted by molar-refractivity contribution is -0.154. The van der Waals surface area contributed by atoms with Crippen molar-refractivity contribution in [2.75, 3.05) is 31.8 Å². The van der Waals surface area contributed by atoms with Gasteiger partial charge in [-0.15, -0.1) is 0 Å². The molecule has 126 valence electrons. The first-order valence-corrected chi connectivity index (χ1v) is 8.07. The molecule has 0 amide bonds. The molecule has 0 aromatic heterocycles. The highest BCUT2D eigenvalue weighted by Gasteiger charge is 2.13. The van der Waals surface area contributed by atoms with Gasteiger partial charge in [-0.2, -0.15) is 11.8 Å². The number of hydrogen-bond donors (Lipinski definition) is 1. The van der Waals surface area contributed by atoms with Crippen molar-refractivity contribution in [1.29, 1.82) is 0 Å². The van der Waals surface area contributed by atoms with E-state index in [1.165, 1.54) is 6.92 Å². The van der Waals surface area contributed by atoms with Gasteiger partial charge in [0.25, 0.3) is 0 Å². The van der Waals surface area contributed by atoms with Crippen LogP contribution < -0.4 is 0 Å². The summed E-state index contributed by atoms with van der Waals surface area (Å²) < 4.78 is 14.3. The molecule has 0 aliphatic carbocycles. The zero-order valence-corrected chi connectivity index (χ0v) is 13.6. The van der Waals surface area contributed by atoms with Crippen molar-refractivity contribution in [3.8, 4) is 0 Å². The number of ether oxygens (including phenoxy) is 3. The van der Waals surface area contributed by atoms with Gasteiger partial charge in [-0.1, -0.05) is 6.58 Å². The average molecular weight is 334 g/mol. The van der Waals surface area contributed by atoms with Crippen LogP contribution in [0.2, 0.25) is 0 Å². The second kappa shape index (κ2) is 12.0. The Hall–Kier alpha value is -1.54. The Morgan fingerprint density at radius 2 is 1.64 bits per heavy atom. The molecular formula is C14H22O7S. The average Bonchev–Trinajstić information content (AvgIpc) is 2.48. The summed E-state index contributed by atoms with van der Waals surface area (Å²) in [4.78, 5) is 33.7. The second-order valence-electron chi connectivity index (χ2n) is 4.43. The first-order chi connectivity index (χ1) is 10.4. The van der Waals surface area contributed by atoms with E-state index in [1.54, 1.807) is 11.8 Å². The minimum absolute atomic E-state index is 0.0754. The van der Waals surface area contributed by atoms with Crippen LogP contribution in [-0.4, -0.2) is 60.9 Å². The Labute approximate surface area is 134 Å². The lowest BCUT2D eigenvalue weighted by Gasteiger charge is -2.11. The van der Waals surface area contributed by atoms with Crippen LogP contribution in [0, 0.1) is 0 Å². The molecule has 0 spiro atoms. The summed E-state index contributed by atoms with van der Waals surface area (Å²) >= 11 is 1.55. The lowest BCUT2D eigenvalue weighted by Crippen LogP contribution is -2.25. The molecule has 0 fully saturated rings. The molecular weight excluding hydrogens is 312 g/mol. The number of rotatable bonds is 11. The number of carbonyl (C=O) groups excluding carboxylic acids is 3. The quantitative estimate of drug-likeness (QED) is 0.255. The number of esters is 3. The van der Waals surface area contributed by atoms with E-state index in [4.69, 9.17) is 14.2 Å².